The predicted octanol–water partition coefficient (Wildman–Crippen LogP) is 5.40. The average molecular weight is 501 g/mol. The van der Waals surface area contributed by atoms with Crippen LogP contribution in [-0.4, -0.2) is 53.7 Å². The van der Waals surface area contributed by atoms with Crippen molar-refractivity contribution in [3.05, 3.63) is 60.0 Å². The lowest BCUT2D eigenvalue weighted by atomic mass is 10.1. The molecule has 2 fully saturated rings. The molecular formula is C26H28F4N6. The molecule has 3 aromatic rings. The van der Waals surface area contributed by atoms with Gasteiger partial charge in [-0.3, -0.25) is 0 Å². The number of alkyl halides is 3. The van der Waals surface area contributed by atoms with Crippen LogP contribution < -0.4 is 14.7 Å². The van der Waals surface area contributed by atoms with Crippen molar-refractivity contribution in [2.45, 2.75) is 38.4 Å². The third kappa shape index (κ3) is 5.08. The summed E-state index contributed by atoms with van der Waals surface area (Å²) in [5.74, 6) is 0.987. The highest BCUT2D eigenvalue weighted by Crippen LogP contribution is 2.36. The van der Waals surface area contributed by atoms with Gasteiger partial charge in [-0.25, -0.2) is 14.4 Å². The van der Waals surface area contributed by atoms with Gasteiger partial charge in [0.15, 0.2) is 0 Å². The fourth-order valence-electron chi connectivity index (χ4n) is 4.93. The van der Waals surface area contributed by atoms with Gasteiger partial charge in [-0.1, -0.05) is 0 Å². The van der Waals surface area contributed by atoms with Crippen molar-refractivity contribution < 1.29 is 17.6 Å². The van der Waals surface area contributed by atoms with Crippen LogP contribution in [0.15, 0.2) is 48.7 Å². The third-order valence-electron chi connectivity index (χ3n) is 6.79. The zero-order chi connectivity index (χ0) is 25.3. The number of piperazine rings is 1. The van der Waals surface area contributed by atoms with Gasteiger partial charge in [0.2, 0.25) is 5.95 Å². The highest BCUT2D eigenvalue weighted by Gasteiger charge is 2.37. The molecule has 0 N–H and O–H groups in total. The van der Waals surface area contributed by atoms with Gasteiger partial charge in [0, 0.05) is 56.6 Å². The van der Waals surface area contributed by atoms with E-state index in [4.69, 9.17) is 9.97 Å². The van der Waals surface area contributed by atoms with Crippen LogP contribution in [0.25, 0.3) is 11.3 Å². The molecule has 36 heavy (non-hydrogen) atoms. The topological polar surface area (TPSA) is 48.4 Å². The average Bonchev–Trinajstić information content (AvgIpc) is 2.89. The molecule has 10 heteroatoms. The highest BCUT2D eigenvalue weighted by molar-refractivity contribution is 5.66. The summed E-state index contributed by atoms with van der Waals surface area (Å²) in [4.78, 5) is 19.7. The molecule has 2 saturated heterocycles. The minimum atomic E-state index is -4.47. The van der Waals surface area contributed by atoms with Gasteiger partial charge in [0.05, 0.1) is 11.3 Å². The second-order valence-electron chi connectivity index (χ2n) is 9.33. The van der Waals surface area contributed by atoms with E-state index in [-0.39, 0.29) is 17.7 Å². The number of halogens is 4. The highest BCUT2D eigenvalue weighted by atomic mass is 19.4. The van der Waals surface area contributed by atoms with Crippen LogP contribution >= 0.6 is 0 Å². The number of hydrogen-bond acceptors (Lipinski definition) is 6. The second kappa shape index (κ2) is 9.91. The molecule has 1 aromatic carbocycles. The standard InChI is InChI=1S/C26H28F4N6/c1-18-17-35(24-21(26(28,29)30)6-5-11-31-24)14-15-36(18)23-16-22(19-7-9-20(27)10-8-19)32-25(33-23)34-12-3-2-4-13-34/h5-11,16,18H,2-4,12-15,17H2,1H3/t18-/m1/s1. The van der Waals surface area contributed by atoms with Crippen LogP contribution in [0.2, 0.25) is 0 Å². The molecule has 190 valence electrons. The van der Waals surface area contributed by atoms with E-state index in [0.717, 1.165) is 37.6 Å². The number of hydrogen-bond donors (Lipinski definition) is 0. The van der Waals surface area contributed by atoms with E-state index in [0.29, 0.717) is 37.1 Å². The molecule has 0 aliphatic carbocycles. The van der Waals surface area contributed by atoms with E-state index in [2.05, 4.69) is 14.8 Å². The lowest BCUT2D eigenvalue weighted by Crippen LogP contribution is -2.53. The van der Waals surface area contributed by atoms with Crippen molar-refractivity contribution in [3.8, 4) is 11.3 Å². The normalized spacial score (nSPS) is 19.0. The van der Waals surface area contributed by atoms with Crippen LogP contribution in [0.5, 0.6) is 0 Å². The predicted molar refractivity (Wildman–Crippen MR) is 132 cm³/mol. The maximum Gasteiger partial charge on any atom is 0.419 e. The monoisotopic (exact) mass is 500 g/mol. The molecule has 0 bridgehead atoms. The molecule has 1 atom stereocenters. The molecule has 0 amide bonds. The van der Waals surface area contributed by atoms with Gasteiger partial charge >= 0.3 is 6.18 Å². The number of nitrogens with zero attached hydrogens (tertiary/aromatic N) is 6. The first kappa shape index (κ1) is 24.3. The van der Waals surface area contributed by atoms with E-state index < -0.39 is 11.7 Å². The van der Waals surface area contributed by atoms with Crippen molar-refractivity contribution in [1.29, 1.82) is 0 Å². The zero-order valence-corrected chi connectivity index (χ0v) is 20.0. The van der Waals surface area contributed by atoms with Gasteiger partial charge in [0.25, 0.3) is 0 Å². The SMILES string of the molecule is C[C@@H]1CN(c2ncccc2C(F)(F)F)CCN1c1cc(-c2ccc(F)cc2)nc(N2CCCCC2)n1. The second-order valence-corrected chi connectivity index (χ2v) is 9.33. The third-order valence-corrected chi connectivity index (χ3v) is 6.79. The maximum absolute atomic E-state index is 13.6. The van der Waals surface area contributed by atoms with E-state index in [1.165, 1.54) is 30.8 Å². The Balaban J connectivity index is 1.45. The Morgan fingerprint density at radius 3 is 2.33 bits per heavy atom. The van der Waals surface area contributed by atoms with Gasteiger partial charge in [-0.15, -0.1) is 0 Å². The molecule has 2 aliphatic heterocycles. The molecule has 0 unspecified atom stereocenters. The molecule has 4 heterocycles. The minimum absolute atomic E-state index is 0.0415. The zero-order valence-electron chi connectivity index (χ0n) is 20.0. The van der Waals surface area contributed by atoms with E-state index >= 15 is 0 Å². The van der Waals surface area contributed by atoms with E-state index in [1.807, 2.05) is 13.0 Å². The Kier molecular flexibility index (Phi) is 6.68. The molecule has 0 spiro atoms. The number of aromatic nitrogens is 3. The first-order valence-electron chi connectivity index (χ1n) is 12.2. The number of rotatable bonds is 4. The number of anilines is 3. The number of benzene rings is 1. The summed E-state index contributed by atoms with van der Waals surface area (Å²) in [5, 5.41) is 0. The maximum atomic E-state index is 13.6. The molecule has 5 rings (SSSR count). The van der Waals surface area contributed by atoms with Crippen LogP contribution in [0, 0.1) is 5.82 Å². The minimum Gasteiger partial charge on any atom is -0.352 e. The molecule has 0 radical (unpaired) electrons. The smallest absolute Gasteiger partial charge is 0.352 e. The summed E-state index contributed by atoms with van der Waals surface area (Å²) in [5.41, 5.74) is 0.755. The van der Waals surface area contributed by atoms with E-state index in [1.54, 1.807) is 17.0 Å². The van der Waals surface area contributed by atoms with Crippen molar-refractivity contribution >= 4 is 17.6 Å². The summed E-state index contributed by atoms with van der Waals surface area (Å²) < 4.78 is 54.3. The van der Waals surface area contributed by atoms with Gasteiger partial charge < -0.3 is 14.7 Å². The largest absolute Gasteiger partial charge is 0.419 e. The van der Waals surface area contributed by atoms with Crippen LogP contribution in [0.1, 0.15) is 31.7 Å². The fraction of sp³-hybridized carbons (Fsp3) is 0.423. The van der Waals surface area contributed by atoms with E-state index in [9.17, 15) is 17.6 Å². The molecule has 0 saturated carbocycles. The van der Waals surface area contributed by atoms with Crippen molar-refractivity contribution in [2.24, 2.45) is 0 Å². The quantitative estimate of drug-likeness (QED) is 0.447. The van der Waals surface area contributed by atoms with Gasteiger partial charge in [0.1, 0.15) is 17.5 Å². The van der Waals surface area contributed by atoms with Crippen molar-refractivity contribution in [1.82, 2.24) is 15.0 Å². The van der Waals surface area contributed by atoms with Crippen molar-refractivity contribution in [3.63, 3.8) is 0 Å². The lowest BCUT2D eigenvalue weighted by Gasteiger charge is -2.42. The summed E-state index contributed by atoms with van der Waals surface area (Å²) in [6.45, 7) is 4.94. The number of piperidine rings is 1. The molecule has 2 aliphatic rings. The van der Waals surface area contributed by atoms with Gasteiger partial charge in [-0.05, 0) is 62.6 Å². The Labute approximate surface area is 207 Å². The van der Waals surface area contributed by atoms with Crippen LogP contribution in [0.4, 0.5) is 35.1 Å². The fourth-order valence-corrected chi connectivity index (χ4v) is 4.93. The number of pyridine rings is 1. The molecular weight excluding hydrogens is 472 g/mol. The summed E-state index contributed by atoms with van der Waals surface area (Å²) >= 11 is 0. The molecule has 2 aromatic heterocycles. The summed E-state index contributed by atoms with van der Waals surface area (Å²) in [6.07, 6.45) is 0.240. The van der Waals surface area contributed by atoms with Crippen LogP contribution in [-0.2, 0) is 6.18 Å². The Morgan fingerprint density at radius 2 is 1.64 bits per heavy atom. The molecule has 6 nitrogen and oxygen atoms in total. The summed E-state index contributed by atoms with van der Waals surface area (Å²) in [6, 6.07) is 10.4. The Hall–Kier alpha value is -3.43. The first-order chi connectivity index (χ1) is 17.3. The first-order valence-corrected chi connectivity index (χ1v) is 12.2. The Morgan fingerprint density at radius 1 is 0.889 bits per heavy atom. The summed E-state index contributed by atoms with van der Waals surface area (Å²) in [7, 11) is 0. The van der Waals surface area contributed by atoms with Crippen LogP contribution in [0.3, 0.4) is 0 Å². The van der Waals surface area contributed by atoms with Crippen molar-refractivity contribution in [2.75, 3.05) is 47.4 Å². The lowest BCUT2D eigenvalue weighted by molar-refractivity contribution is -0.137. The Bertz CT molecular complexity index is 1190. The van der Waals surface area contributed by atoms with Gasteiger partial charge in [-0.2, -0.15) is 18.2 Å².